The fourth-order valence-electron chi connectivity index (χ4n) is 2.20. The summed E-state index contributed by atoms with van der Waals surface area (Å²) < 4.78 is 14.2. The van der Waals surface area contributed by atoms with Gasteiger partial charge in [0, 0.05) is 28.6 Å². The quantitative estimate of drug-likeness (QED) is 0.657. The summed E-state index contributed by atoms with van der Waals surface area (Å²) in [6.45, 7) is 1.92. The molecule has 0 unspecified atom stereocenters. The molecule has 0 spiro atoms. The zero-order valence-electron chi connectivity index (χ0n) is 11.3. The van der Waals surface area contributed by atoms with Crippen LogP contribution in [0.4, 0.5) is 21.5 Å². The number of halogens is 2. The summed E-state index contributed by atoms with van der Waals surface area (Å²) in [7, 11) is 0. The summed E-state index contributed by atoms with van der Waals surface area (Å²) in [5.74, 6) is -0.300. The lowest BCUT2D eigenvalue weighted by molar-refractivity contribution is 0.621. The molecule has 0 atom stereocenters. The van der Waals surface area contributed by atoms with Crippen LogP contribution in [-0.2, 0) is 0 Å². The van der Waals surface area contributed by atoms with Crippen molar-refractivity contribution in [2.24, 2.45) is 0 Å². The van der Waals surface area contributed by atoms with Gasteiger partial charge in [0.15, 0.2) is 0 Å². The number of aryl methyl sites for hydroxylation is 1. The molecule has 3 N–H and O–H groups in total. The molecule has 0 aliphatic rings. The number of aromatic nitrogens is 1. The van der Waals surface area contributed by atoms with Crippen LogP contribution in [0.15, 0.2) is 47.1 Å². The molecule has 0 saturated carbocycles. The highest BCUT2D eigenvalue weighted by Gasteiger charge is 2.08. The summed E-state index contributed by atoms with van der Waals surface area (Å²) in [6.07, 6.45) is 1.70. The van der Waals surface area contributed by atoms with Crippen molar-refractivity contribution in [3.05, 3.63) is 58.4 Å². The molecule has 0 amide bonds. The highest BCUT2D eigenvalue weighted by atomic mass is 79.9. The number of fused-ring (bicyclic) bond motifs is 1. The van der Waals surface area contributed by atoms with Gasteiger partial charge in [-0.15, -0.1) is 0 Å². The van der Waals surface area contributed by atoms with Crippen LogP contribution in [0.2, 0.25) is 0 Å². The van der Waals surface area contributed by atoms with E-state index in [1.54, 1.807) is 12.3 Å². The molecule has 1 heterocycles. The maximum Gasteiger partial charge on any atom is 0.139 e. The van der Waals surface area contributed by atoms with E-state index in [9.17, 15) is 4.39 Å². The Labute approximate surface area is 130 Å². The van der Waals surface area contributed by atoms with Crippen molar-refractivity contribution in [2.75, 3.05) is 11.1 Å². The van der Waals surface area contributed by atoms with Crippen molar-refractivity contribution >= 4 is 43.9 Å². The third-order valence-corrected chi connectivity index (χ3v) is 3.91. The second-order valence-electron chi connectivity index (χ2n) is 4.84. The monoisotopic (exact) mass is 345 g/mol. The predicted molar refractivity (Wildman–Crippen MR) is 88.3 cm³/mol. The molecule has 3 aromatic rings. The molecule has 0 radical (unpaired) electrons. The molecule has 1 aromatic heterocycles. The van der Waals surface area contributed by atoms with Crippen LogP contribution in [0.5, 0.6) is 0 Å². The lowest BCUT2D eigenvalue weighted by Crippen LogP contribution is -1.97. The van der Waals surface area contributed by atoms with Crippen LogP contribution in [-0.4, -0.2) is 4.98 Å². The standard InChI is InChI=1S/C16H13BrFN3/c1-9-6-12(17)13(18)8-15(9)21-14-4-5-20-16-7-10(19)2-3-11(14)16/h2-8H,19H2,1H3,(H,20,21). The van der Waals surface area contributed by atoms with Gasteiger partial charge in [-0.2, -0.15) is 0 Å². The van der Waals surface area contributed by atoms with Gasteiger partial charge in [-0.3, -0.25) is 4.98 Å². The fraction of sp³-hybridized carbons (Fsp3) is 0.0625. The number of anilines is 3. The number of benzene rings is 2. The number of hydrogen-bond acceptors (Lipinski definition) is 3. The van der Waals surface area contributed by atoms with Gasteiger partial charge >= 0.3 is 0 Å². The van der Waals surface area contributed by atoms with Gasteiger partial charge in [0.2, 0.25) is 0 Å². The van der Waals surface area contributed by atoms with Gasteiger partial charge in [-0.1, -0.05) is 0 Å². The van der Waals surface area contributed by atoms with Crippen LogP contribution >= 0.6 is 15.9 Å². The van der Waals surface area contributed by atoms with E-state index in [2.05, 4.69) is 26.2 Å². The van der Waals surface area contributed by atoms with Gasteiger partial charge in [-0.05, 0) is 64.8 Å². The number of pyridine rings is 1. The second-order valence-corrected chi connectivity index (χ2v) is 5.70. The largest absolute Gasteiger partial charge is 0.399 e. The Bertz CT molecular complexity index is 833. The van der Waals surface area contributed by atoms with E-state index in [1.807, 2.05) is 31.2 Å². The van der Waals surface area contributed by atoms with Gasteiger partial charge in [0.1, 0.15) is 5.82 Å². The molecule has 0 bridgehead atoms. The van der Waals surface area contributed by atoms with Crippen molar-refractivity contribution in [3.8, 4) is 0 Å². The van der Waals surface area contributed by atoms with Crippen LogP contribution in [0, 0.1) is 12.7 Å². The first-order valence-corrected chi connectivity index (χ1v) is 7.21. The predicted octanol–water partition coefficient (Wildman–Crippen LogP) is 4.77. The lowest BCUT2D eigenvalue weighted by atomic mass is 10.1. The first-order chi connectivity index (χ1) is 10.0. The number of rotatable bonds is 2. The number of nitrogens with one attached hydrogen (secondary N) is 1. The zero-order chi connectivity index (χ0) is 15.0. The van der Waals surface area contributed by atoms with Crippen LogP contribution in [0.1, 0.15) is 5.56 Å². The smallest absolute Gasteiger partial charge is 0.139 e. The third-order valence-electron chi connectivity index (χ3n) is 3.30. The van der Waals surface area contributed by atoms with E-state index >= 15 is 0 Å². The summed E-state index contributed by atoms with van der Waals surface area (Å²) in [5.41, 5.74) is 9.77. The Kier molecular flexibility index (Phi) is 3.51. The Morgan fingerprint density at radius 3 is 2.76 bits per heavy atom. The summed E-state index contributed by atoms with van der Waals surface area (Å²) >= 11 is 3.19. The van der Waals surface area contributed by atoms with Crippen molar-refractivity contribution < 1.29 is 4.39 Å². The zero-order valence-corrected chi connectivity index (χ0v) is 12.9. The number of nitrogens with two attached hydrogens (primary N) is 1. The minimum Gasteiger partial charge on any atom is -0.399 e. The van der Waals surface area contributed by atoms with Gasteiger partial charge in [0.05, 0.1) is 9.99 Å². The fourth-order valence-corrected chi connectivity index (χ4v) is 2.66. The molecule has 21 heavy (non-hydrogen) atoms. The molecule has 3 rings (SSSR count). The molecular weight excluding hydrogens is 333 g/mol. The molecule has 3 nitrogen and oxygen atoms in total. The molecule has 0 saturated heterocycles. The molecule has 2 aromatic carbocycles. The first-order valence-electron chi connectivity index (χ1n) is 6.41. The Hall–Kier alpha value is -2.14. The summed E-state index contributed by atoms with van der Waals surface area (Å²) in [4.78, 5) is 4.30. The summed E-state index contributed by atoms with van der Waals surface area (Å²) in [6, 6.07) is 10.6. The van der Waals surface area contributed by atoms with Crippen molar-refractivity contribution in [1.82, 2.24) is 4.98 Å². The van der Waals surface area contributed by atoms with Crippen LogP contribution < -0.4 is 11.1 Å². The Morgan fingerprint density at radius 2 is 1.95 bits per heavy atom. The Morgan fingerprint density at radius 1 is 1.14 bits per heavy atom. The SMILES string of the molecule is Cc1cc(Br)c(F)cc1Nc1ccnc2cc(N)ccc12. The van der Waals surface area contributed by atoms with E-state index < -0.39 is 0 Å². The van der Waals surface area contributed by atoms with E-state index in [0.29, 0.717) is 10.2 Å². The van der Waals surface area contributed by atoms with Gasteiger partial charge in [-0.25, -0.2) is 4.39 Å². The molecule has 0 aliphatic carbocycles. The lowest BCUT2D eigenvalue weighted by Gasteiger charge is -2.13. The minimum absolute atomic E-state index is 0.300. The molecule has 0 fully saturated rings. The Balaban J connectivity index is 2.08. The molecule has 106 valence electrons. The van der Waals surface area contributed by atoms with E-state index in [0.717, 1.165) is 27.8 Å². The third kappa shape index (κ3) is 2.69. The van der Waals surface area contributed by atoms with Crippen LogP contribution in [0.3, 0.4) is 0 Å². The van der Waals surface area contributed by atoms with E-state index in [-0.39, 0.29) is 5.82 Å². The van der Waals surface area contributed by atoms with E-state index in [1.165, 1.54) is 6.07 Å². The second kappa shape index (κ2) is 5.33. The summed E-state index contributed by atoms with van der Waals surface area (Å²) in [5, 5.41) is 4.20. The normalized spacial score (nSPS) is 10.8. The maximum atomic E-state index is 13.7. The number of nitrogen functional groups attached to an aromatic ring is 1. The average Bonchev–Trinajstić information content (AvgIpc) is 2.44. The molecule has 5 heteroatoms. The average molecular weight is 346 g/mol. The molecular formula is C16H13BrFN3. The first kappa shape index (κ1) is 13.8. The highest BCUT2D eigenvalue weighted by Crippen LogP contribution is 2.30. The van der Waals surface area contributed by atoms with Gasteiger partial charge in [0.25, 0.3) is 0 Å². The highest BCUT2D eigenvalue weighted by molar-refractivity contribution is 9.10. The maximum absolute atomic E-state index is 13.7. The van der Waals surface area contributed by atoms with Crippen LogP contribution in [0.25, 0.3) is 10.9 Å². The van der Waals surface area contributed by atoms with E-state index in [4.69, 9.17) is 5.73 Å². The molecule has 0 aliphatic heterocycles. The minimum atomic E-state index is -0.300. The number of nitrogens with zero attached hydrogens (tertiary/aromatic N) is 1. The van der Waals surface area contributed by atoms with Crippen molar-refractivity contribution in [1.29, 1.82) is 0 Å². The van der Waals surface area contributed by atoms with Gasteiger partial charge < -0.3 is 11.1 Å². The van der Waals surface area contributed by atoms with Crippen molar-refractivity contribution in [3.63, 3.8) is 0 Å². The topological polar surface area (TPSA) is 50.9 Å². The van der Waals surface area contributed by atoms with Crippen molar-refractivity contribution in [2.45, 2.75) is 6.92 Å². The number of hydrogen-bond donors (Lipinski definition) is 2.